The summed E-state index contributed by atoms with van der Waals surface area (Å²) in [5.74, 6) is 0. The number of rotatable bonds is 4. The second-order valence-electron chi connectivity index (χ2n) is 3.44. The molecule has 80 valence electrons. The number of nitrogens with two attached hydrogens (primary N) is 1. The Hall–Kier alpha value is -0.770. The topological polar surface area (TPSA) is 30.9 Å². The molecule has 15 heavy (non-hydrogen) atoms. The van der Waals surface area contributed by atoms with E-state index in [0.717, 1.165) is 17.3 Å². The zero-order chi connectivity index (χ0) is 10.7. The Morgan fingerprint density at radius 2 is 2.20 bits per heavy atom. The van der Waals surface area contributed by atoms with Crippen molar-refractivity contribution in [3.05, 3.63) is 45.4 Å². The van der Waals surface area contributed by atoms with Gasteiger partial charge in [0.2, 0.25) is 0 Å². The van der Waals surface area contributed by atoms with Crippen molar-refractivity contribution >= 4 is 22.9 Å². The zero-order valence-corrected chi connectivity index (χ0v) is 9.89. The van der Waals surface area contributed by atoms with Crippen molar-refractivity contribution in [2.75, 3.05) is 6.54 Å². The van der Waals surface area contributed by atoms with E-state index in [9.17, 15) is 0 Å². The van der Waals surface area contributed by atoms with Crippen LogP contribution in [0, 0.1) is 0 Å². The molecule has 2 aromatic rings. The molecule has 0 bridgehead atoms. The third kappa shape index (κ3) is 2.84. The first-order chi connectivity index (χ1) is 7.28. The fourth-order valence-corrected chi connectivity index (χ4v) is 2.62. The van der Waals surface area contributed by atoms with Crippen molar-refractivity contribution in [2.24, 2.45) is 5.73 Å². The number of aromatic nitrogens is 1. The molecule has 0 saturated carbocycles. The highest BCUT2D eigenvalue weighted by Gasteiger charge is 2.00. The quantitative estimate of drug-likeness (QED) is 0.876. The molecule has 0 aliphatic rings. The van der Waals surface area contributed by atoms with E-state index in [0.29, 0.717) is 6.54 Å². The number of halogens is 1. The predicted octanol–water partition coefficient (Wildman–Crippen LogP) is 2.75. The summed E-state index contributed by atoms with van der Waals surface area (Å²) in [7, 11) is 0. The van der Waals surface area contributed by atoms with E-state index in [1.54, 1.807) is 11.3 Å². The van der Waals surface area contributed by atoms with Gasteiger partial charge in [-0.25, -0.2) is 0 Å². The highest BCUT2D eigenvalue weighted by Crippen LogP contribution is 2.22. The number of hydrogen-bond acceptors (Lipinski definition) is 2. The smallest absolute Gasteiger partial charge is 0.0931 e. The van der Waals surface area contributed by atoms with Crippen LogP contribution in [-0.2, 0) is 13.0 Å². The van der Waals surface area contributed by atoms with Crippen LogP contribution in [0.15, 0.2) is 30.6 Å². The lowest BCUT2D eigenvalue weighted by molar-refractivity contribution is 0.813. The lowest BCUT2D eigenvalue weighted by Crippen LogP contribution is -2.01. The van der Waals surface area contributed by atoms with Crippen LogP contribution in [0.3, 0.4) is 0 Å². The van der Waals surface area contributed by atoms with Crippen LogP contribution in [-0.4, -0.2) is 11.1 Å². The Balaban J connectivity index is 2.04. The van der Waals surface area contributed by atoms with E-state index in [4.69, 9.17) is 17.3 Å². The fraction of sp³-hybridized carbons (Fsp3) is 0.273. The van der Waals surface area contributed by atoms with E-state index in [1.807, 2.05) is 6.07 Å². The van der Waals surface area contributed by atoms with Crippen molar-refractivity contribution < 1.29 is 0 Å². The van der Waals surface area contributed by atoms with E-state index >= 15 is 0 Å². The highest BCUT2D eigenvalue weighted by molar-refractivity contribution is 7.16. The van der Waals surface area contributed by atoms with Crippen molar-refractivity contribution in [1.29, 1.82) is 0 Å². The molecular weight excluding hydrogens is 228 g/mol. The number of hydrogen-bond donors (Lipinski definition) is 1. The Kier molecular flexibility index (Phi) is 3.46. The minimum atomic E-state index is 0.703. The van der Waals surface area contributed by atoms with E-state index in [-0.39, 0.29) is 0 Å². The van der Waals surface area contributed by atoms with Gasteiger partial charge in [0, 0.05) is 17.3 Å². The lowest BCUT2D eigenvalue weighted by Gasteiger charge is -1.98. The molecule has 0 aliphatic heterocycles. The SMILES string of the molecule is NCCc1ccn(Cc2ccc(Cl)s2)c1. The highest BCUT2D eigenvalue weighted by atomic mass is 35.5. The molecule has 0 unspecified atom stereocenters. The normalized spacial score (nSPS) is 10.8. The molecule has 2 N–H and O–H groups in total. The monoisotopic (exact) mass is 240 g/mol. The third-order valence-electron chi connectivity index (χ3n) is 2.21. The molecule has 0 radical (unpaired) electrons. The van der Waals surface area contributed by atoms with Gasteiger partial charge in [0.1, 0.15) is 0 Å². The summed E-state index contributed by atoms with van der Waals surface area (Å²) >= 11 is 7.50. The summed E-state index contributed by atoms with van der Waals surface area (Å²) in [6.07, 6.45) is 5.16. The van der Waals surface area contributed by atoms with Gasteiger partial charge in [-0.1, -0.05) is 11.6 Å². The second kappa shape index (κ2) is 4.84. The van der Waals surface area contributed by atoms with Gasteiger partial charge in [-0.15, -0.1) is 11.3 Å². The van der Waals surface area contributed by atoms with Crippen molar-refractivity contribution in [1.82, 2.24) is 4.57 Å². The van der Waals surface area contributed by atoms with Crippen LogP contribution in [0.25, 0.3) is 0 Å². The van der Waals surface area contributed by atoms with Crippen LogP contribution < -0.4 is 5.73 Å². The van der Waals surface area contributed by atoms with Crippen LogP contribution in [0.4, 0.5) is 0 Å². The average Bonchev–Trinajstić information content (AvgIpc) is 2.78. The Morgan fingerprint density at radius 3 is 2.87 bits per heavy atom. The first-order valence-electron chi connectivity index (χ1n) is 4.87. The van der Waals surface area contributed by atoms with Crippen LogP contribution >= 0.6 is 22.9 Å². The summed E-state index contributed by atoms with van der Waals surface area (Å²) in [6.45, 7) is 1.59. The van der Waals surface area contributed by atoms with E-state index < -0.39 is 0 Å². The summed E-state index contributed by atoms with van der Waals surface area (Å²) < 4.78 is 3.01. The molecule has 0 atom stereocenters. The molecule has 2 aromatic heterocycles. The van der Waals surface area contributed by atoms with Gasteiger partial charge in [-0.3, -0.25) is 0 Å². The van der Waals surface area contributed by atoms with Crippen LogP contribution in [0.1, 0.15) is 10.4 Å². The van der Waals surface area contributed by atoms with Gasteiger partial charge in [-0.2, -0.15) is 0 Å². The molecule has 0 spiro atoms. The second-order valence-corrected chi connectivity index (χ2v) is 5.24. The molecule has 0 aromatic carbocycles. The van der Waals surface area contributed by atoms with Crippen LogP contribution in [0.5, 0.6) is 0 Å². The third-order valence-corrected chi connectivity index (χ3v) is 3.43. The molecule has 0 fully saturated rings. The first kappa shape index (κ1) is 10.7. The molecular formula is C11H13ClN2S. The van der Waals surface area contributed by atoms with Gasteiger partial charge < -0.3 is 10.3 Å². The van der Waals surface area contributed by atoms with Gasteiger partial charge >= 0.3 is 0 Å². The maximum absolute atomic E-state index is 5.87. The Morgan fingerprint density at radius 1 is 1.33 bits per heavy atom. The summed E-state index contributed by atoms with van der Waals surface area (Å²) in [5.41, 5.74) is 6.79. The minimum Gasteiger partial charge on any atom is -0.349 e. The largest absolute Gasteiger partial charge is 0.349 e. The van der Waals surface area contributed by atoms with Crippen molar-refractivity contribution in [2.45, 2.75) is 13.0 Å². The van der Waals surface area contributed by atoms with Crippen molar-refractivity contribution in [3.8, 4) is 0 Å². The predicted molar refractivity (Wildman–Crippen MR) is 65.6 cm³/mol. The standard InChI is InChI=1S/C11H13ClN2S/c12-11-2-1-10(15-11)8-14-6-4-9(7-14)3-5-13/h1-2,4,6-7H,3,5,8,13H2. The molecule has 0 aliphatic carbocycles. The molecule has 2 heterocycles. The minimum absolute atomic E-state index is 0.703. The van der Waals surface area contributed by atoms with Crippen LogP contribution in [0.2, 0.25) is 4.34 Å². The molecule has 0 saturated heterocycles. The zero-order valence-electron chi connectivity index (χ0n) is 8.32. The van der Waals surface area contributed by atoms with Gasteiger partial charge in [0.25, 0.3) is 0 Å². The molecule has 0 amide bonds. The molecule has 2 nitrogen and oxygen atoms in total. The number of thiophene rings is 1. The Bertz CT molecular complexity index is 433. The van der Waals surface area contributed by atoms with Gasteiger partial charge in [-0.05, 0) is 36.7 Å². The summed E-state index contributed by atoms with van der Waals surface area (Å²) in [6, 6.07) is 6.11. The van der Waals surface area contributed by atoms with Gasteiger partial charge in [0.05, 0.1) is 10.9 Å². The summed E-state index contributed by atoms with van der Waals surface area (Å²) in [4.78, 5) is 1.27. The summed E-state index contributed by atoms with van der Waals surface area (Å²) in [5, 5.41) is 0. The van der Waals surface area contributed by atoms with Crippen molar-refractivity contribution in [3.63, 3.8) is 0 Å². The first-order valence-corrected chi connectivity index (χ1v) is 6.06. The van der Waals surface area contributed by atoms with E-state index in [2.05, 4.69) is 29.1 Å². The average molecular weight is 241 g/mol. The number of nitrogens with zero attached hydrogens (tertiary/aromatic N) is 1. The molecule has 4 heteroatoms. The van der Waals surface area contributed by atoms with Gasteiger partial charge in [0.15, 0.2) is 0 Å². The fourth-order valence-electron chi connectivity index (χ4n) is 1.52. The maximum Gasteiger partial charge on any atom is 0.0931 e. The van der Waals surface area contributed by atoms with E-state index in [1.165, 1.54) is 10.4 Å². The lowest BCUT2D eigenvalue weighted by atomic mass is 10.2. The maximum atomic E-state index is 5.87. The molecule has 2 rings (SSSR count). The Labute approximate surface area is 98.3 Å².